The molecule has 1 aromatic heterocycles. The van der Waals surface area contributed by atoms with Gasteiger partial charge in [-0.2, -0.15) is 5.10 Å². The third kappa shape index (κ3) is 2.70. The molecule has 0 radical (unpaired) electrons. The van der Waals surface area contributed by atoms with Gasteiger partial charge in [0.2, 0.25) is 0 Å². The number of nitrogens with zero attached hydrogens (tertiary/aromatic N) is 2. The molecule has 0 aliphatic carbocycles. The van der Waals surface area contributed by atoms with Crippen molar-refractivity contribution in [2.45, 2.75) is 31.4 Å². The molecule has 2 aromatic rings. The lowest BCUT2D eigenvalue weighted by molar-refractivity contribution is -0.148. The van der Waals surface area contributed by atoms with Crippen LogP contribution in [-0.4, -0.2) is 40.2 Å². The number of aliphatic carboxylic acids is 1. The summed E-state index contributed by atoms with van der Waals surface area (Å²) in [5.74, 6) is -0.151. The van der Waals surface area contributed by atoms with E-state index < -0.39 is 17.1 Å². The van der Waals surface area contributed by atoms with Gasteiger partial charge in [0.05, 0.1) is 25.5 Å². The zero-order valence-electron chi connectivity index (χ0n) is 13.4. The van der Waals surface area contributed by atoms with Crippen LogP contribution in [0.5, 0.6) is 5.75 Å². The highest BCUT2D eigenvalue weighted by Gasteiger charge is 2.52. The van der Waals surface area contributed by atoms with Crippen molar-refractivity contribution in [3.8, 4) is 16.9 Å². The van der Waals surface area contributed by atoms with Crippen molar-refractivity contribution < 1.29 is 19.4 Å². The summed E-state index contributed by atoms with van der Waals surface area (Å²) in [5, 5.41) is 14.0. The van der Waals surface area contributed by atoms with Crippen molar-refractivity contribution in [3.05, 3.63) is 36.7 Å². The van der Waals surface area contributed by atoms with E-state index >= 15 is 0 Å². The number of rotatable bonds is 4. The van der Waals surface area contributed by atoms with E-state index in [4.69, 9.17) is 9.47 Å². The van der Waals surface area contributed by atoms with Gasteiger partial charge in [0, 0.05) is 18.2 Å². The van der Waals surface area contributed by atoms with Gasteiger partial charge in [0.1, 0.15) is 5.75 Å². The predicted molar refractivity (Wildman–Crippen MR) is 84.5 cm³/mol. The maximum absolute atomic E-state index is 11.9. The van der Waals surface area contributed by atoms with Crippen molar-refractivity contribution in [1.82, 2.24) is 9.78 Å². The van der Waals surface area contributed by atoms with Gasteiger partial charge in [-0.3, -0.25) is 4.68 Å². The Hall–Kier alpha value is -2.34. The van der Waals surface area contributed by atoms with Crippen LogP contribution in [0.1, 0.15) is 20.3 Å². The van der Waals surface area contributed by atoms with E-state index in [1.807, 2.05) is 38.1 Å². The van der Waals surface area contributed by atoms with Crippen LogP contribution in [0.15, 0.2) is 36.7 Å². The molecule has 0 amide bonds. The molecule has 1 aromatic carbocycles. The molecule has 23 heavy (non-hydrogen) atoms. The minimum absolute atomic E-state index is 0.110. The van der Waals surface area contributed by atoms with Crippen LogP contribution in [0.3, 0.4) is 0 Å². The lowest BCUT2D eigenvalue weighted by atomic mass is 9.90. The van der Waals surface area contributed by atoms with Crippen LogP contribution in [0.25, 0.3) is 11.1 Å². The highest BCUT2D eigenvalue weighted by molar-refractivity contribution is 5.78. The second kappa shape index (κ2) is 5.38. The number of carbonyl (C=O) groups is 1. The van der Waals surface area contributed by atoms with Crippen LogP contribution < -0.4 is 4.74 Å². The average Bonchev–Trinajstić information content (AvgIpc) is 3.12. The first-order chi connectivity index (χ1) is 10.9. The molecule has 6 nitrogen and oxygen atoms in total. The number of carboxylic acids is 1. The summed E-state index contributed by atoms with van der Waals surface area (Å²) in [4.78, 5) is 11.9. The summed E-state index contributed by atoms with van der Waals surface area (Å²) in [7, 11) is 1.62. The molecule has 1 aliphatic rings. The van der Waals surface area contributed by atoms with Gasteiger partial charge in [-0.25, -0.2) is 4.79 Å². The van der Waals surface area contributed by atoms with E-state index in [-0.39, 0.29) is 6.61 Å². The zero-order valence-corrected chi connectivity index (χ0v) is 13.4. The molecule has 0 spiro atoms. The Morgan fingerprint density at radius 2 is 2.00 bits per heavy atom. The fourth-order valence-electron chi connectivity index (χ4n) is 2.99. The van der Waals surface area contributed by atoms with Gasteiger partial charge in [-0.15, -0.1) is 0 Å². The van der Waals surface area contributed by atoms with E-state index in [1.165, 1.54) is 4.68 Å². The Balaban J connectivity index is 1.95. The molecular formula is C17H20N2O4. The van der Waals surface area contributed by atoms with Gasteiger partial charge < -0.3 is 14.6 Å². The molecule has 1 atom stereocenters. The number of aromatic nitrogens is 2. The molecule has 122 valence electrons. The third-order valence-electron chi connectivity index (χ3n) is 4.26. The normalized spacial score (nSPS) is 22.9. The van der Waals surface area contributed by atoms with Crippen LogP contribution in [0.2, 0.25) is 0 Å². The lowest BCUT2D eigenvalue weighted by Gasteiger charge is -2.24. The molecule has 6 heteroatoms. The number of hydrogen-bond donors (Lipinski definition) is 1. The van der Waals surface area contributed by atoms with Crippen molar-refractivity contribution in [1.29, 1.82) is 0 Å². The Kier molecular flexibility index (Phi) is 3.64. The van der Waals surface area contributed by atoms with Crippen LogP contribution in [0.4, 0.5) is 0 Å². The second-order valence-electron chi connectivity index (χ2n) is 6.46. The summed E-state index contributed by atoms with van der Waals surface area (Å²) in [5.41, 5.74) is 0.174. The van der Waals surface area contributed by atoms with Gasteiger partial charge in [-0.1, -0.05) is 12.1 Å². The summed E-state index contributed by atoms with van der Waals surface area (Å²) >= 11 is 0. The SMILES string of the molecule is COc1ccc(-c2cnn(C3(C(=O)O)COC(C)(C)C3)c2)cc1. The van der Waals surface area contributed by atoms with Crippen molar-refractivity contribution >= 4 is 5.97 Å². The molecule has 1 fully saturated rings. The highest BCUT2D eigenvalue weighted by Crippen LogP contribution is 2.38. The van der Waals surface area contributed by atoms with Gasteiger partial charge in [0.25, 0.3) is 0 Å². The molecule has 3 rings (SSSR count). The topological polar surface area (TPSA) is 73.6 Å². The molecule has 1 N–H and O–H groups in total. The smallest absolute Gasteiger partial charge is 0.334 e. The van der Waals surface area contributed by atoms with E-state index in [0.717, 1.165) is 16.9 Å². The first-order valence-corrected chi connectivity index (χ1v) is 7.43. The van der Waals surface area contributed by atoms with E-state index in [0.29, 0.717) is 6.42 Å². The van der Waals surface area contributed by atoms with Gasteiger partial charge >= 0.3 is 5.97 Å². The summed E-state index contributed by atoms with van der Waals surface area (Å²) in [6.07, 6.45) is 3.82. The standard InChI is InChI=1S/C17H20N2O4/c1-16(2)10-17(11-23-16,15(20)21)19-9-13(8-18-19)12-4-6-14(22-3)7-5-12/h4-9H,10-11H2,1-3H3,(H,20,21). The first kappa shape index (κ1) is 15.6. The minimum atomic E-state index is -1.16. The quantitative estimate of drug-likeness (QED) is 0.938. The highest BCUT2D eigenvalue weighted by atomic mass is 16.5. The van der Waals surface area contributed by atoms with Crippen molar-refractivity contribution in [3.63, 3.8) is 0 Å². The monoisotopic (exact) mass is 316 g/mol. The van der Waals surface area contributed by atoms with Gasteiger partial charge in [0.15, 0.2) is 5.54 Å². The number of benzene rings is 1. The predicted octanol–water partition coefficient (Wildman–Crippen LogP) is 2.54. The van der Waals surface area contributed by atoms with Crippen molar-refractivity contribution in [2.24, 2.45) is 0 Å². The zero-order chi connectivity index (χ0) is 16.7. The Morgan fingerprint density at radius 1 is 1.30 bits per heavy atom. The third-order valence-corrected chi connectivity index (χ3v) is 4.26. The summed E-state index contributed by atoms with van der Waals surface area (Å²) in [6.45, 7) is 3.90. The Labute approximate surface area is 134 Å². The minimum Gasteiger partial charge on any atom is -0.497 e. The Bertz CT molecular complexity index is 720. The van der Waals surface area contributed by atoms with Crippen molar-refractivity contribution in [2.75, 3.05) is 13.7 Å². The molecule has 0 saturated carbocycles. The molecule has 0 bridgehead atoms. The van der Waals surface area contributed by atoms with Crippen LogP contribution in [-0.2, 0) is 15.1 Å². The number of hydrogen-bond acceptors (Lipinski definition) is 4. The molecule has 1 aliphatic heterocycles. The fraction of sp³-hybridized carbons (Fsp3) is 0.412. The second-order valence-corrected chi connectivity index (χ2v) is 6.46. The number of ether oxygens (including phenoxy) is 2. The van der Waals surface area contributed by atoms with E-state index in [1.54, 1.807) is 19.5 Å². The lowest BCUT2D eigenvalue weighted by Crippen LogP contribution is -2.43. The number of methoxy groups -OCH3 is 1. The summed E-state index contributed by atoms with van der Waals surface area (Å²) < 4.78 is 12.3. The fourth-order valence-corrected chi connectivity index (χ4v) is 2.99. The van der Waals surface area contributed by atoms with E-state index in [9.17, 15) is 9.90 Å². The van der Waals surface area contributed by atoms with Crippen LogP contribution in [0, 0.1) is 0 Å². The molecular weight excluding hydrogens is 296 g/mol. The summed E-state index contributed by atoms with van der Waals surface area (Å²) in [6, 6.07) is 7.56. The average molecular weight is 316 g/mol. The van der Waals surface area contributed by atoms with E-state index in [2.05, 4.69) is 5.10 Å². The number of carboxylic acid groups (broad SMARTS) is 1. The molecule has 1 unspecified atom stereocenters. The largest absolute Gasteiger partial charge is 0.497 e. The maximum atomic E-state index is 11.9. The Morgan fingerprint density at radius 3 is 2.52 bits per heavy atom. The maximum Gasteiger partial charge on any atom is 0.334 e. The van der Waals surface area contributed by atoms with Gasteiger partial charge in [-0.05, 0) is 31.5 Å². The molecule has 1 saturated heterocycles. The first-order valence-electron chi connectivity index (χ1n) is 7.43. The van der Waals surface area contributed by atoms with Crippen LogP contribution >= 0.6 is 0 Å². The molecule has 2 heterocycles.